The fourth-order valence-electron chi connectivity index (χ4n) is 13.6. The number of aliphatic carboxylic acids is 3. The molecule has 2 heterocycles. The van der Waals surface area contributed by atoms with Gasteiger partial charge in [0.1, 0.15) is 36.6 Å². The van der Waals surface area contributed by atoms with E-state index in [0.29, 0.717) is 25.7 Å². The average molecular weight is 825 g/mol. The largest absolute Gasteiger partial charge is 0.481 e. The topological polar surface area (TPSA) is 270 Å². The third-order valence-electron chi connectivity index (χ3n) is 17.4. The standard InChI is InChI=1S/C42H64O16/c1-37(2)21-8-11-42(7)31(20(43)16-18-19-17-39(4,36(53)54)13-12-38(19,3)14-15-41(18,42)6)40(21,5)10-9-22(37)55-35-30(26(47)25(46)29(57-35)33(51)52)58-34-27(48)23(44)24(45)28(56-34)32(49)50/h16,19-31,34-35,43-48H,8-15,17H2,1-7H3,(H,49,50)(H,51,52)(H,53,54)/t19-,20-,21-,22-,23-,24-,25-,26-,27+,28-,29-,30+,31+,34-,35+,38+,39-,40-,41+,42+/m0/s1. The van der Waals surface area contributed by atoms with Crippen molar-refractivity contribution in [2.75, 3.05) is 0 Å². The van der Waals surface area contributed by atoms with Crippen LogP contribution in [-0.2, 0) is 33.3 Å². The average Bonchev–Trinajstić information content (AvgIpc) is 3.13. The summed E-state index contributed by atoms with van der Waals surface area (Å²) in [4.78, 5) is 36.5. The molecular weight excluding hydrogens is 760 g/mol. The molecule has 0 aromatic rings. The molecule has 2 saturated heterocycles. The van der Waals surface area contributed by atoms with E-state index in [4.69, 9.17) is 18.9 Å². The number of hydrogen-bond donors (Lipinski definition) is 9. The van der Waals surface area contributed by atoms with Gasteiger partial charge in [-0.1, -0.05) is 53.2 Å². The lowest BCUT2D eigenvalue weighted by molar-refractivity contribution is -0.372. The molecule has 0 bridgehead atoms. The zero-order valence-corrected chi connectivity index (χ0v) is 34.5. The lowest BCUT2D eigenvalue weighted by Crippen LogP contribution is -2.68. The maximum atomic E-state index is 12.5. The van der Waals surface area contributed by atoms with Crippen LogP contribution in [0, 0.1) is 50.2 Å². The molecule has 58 heavy (non-hydrogen) atoms. The first kappa shape index (κ1) is 43.8. The van der Waals surface area contributed by atoms with E-state index in [9.17, 15) is 60.3 Å². The van der Waals surface area contributed by atoms with Crippen LogP contribution in [0.25, 0.3) is 0 Å². The summed E-state index contributed by atoms with van der Waals surface area (Å²) < 4.78 is 23.4. The lowest BCUT2D eigenvalue weighted by atomic mass is 9.33. The number of carbonyl (C=O) groups is 3. The van der Waals surface area contributed by atoms with Crippen LogP contribution in [0.5, 0.6) is 0 Å². The molecule has 9 N–H and O–H groups in total. The smallest absolute Gasteiger partial charge is 0.335 e. The first-order valence-electron chi connectivity index (χ1n) is 20.9. The molecule has 0 aromatic carbocycles. The number of aliphatic hydroxyl groups is 6. The Kier molecular flexibility index (Phi) is 10.9. The predicted molar refractivity (Wildman–Crippen MR) is 200 cm³/mol. The number of fused-ring (bicyclic) bond motifs is 7. The molecule has 0 radical (unpaired) electrons. The van der Waals surface area contributed by atoms with Crippen molar-refractivity contribution in [3.8, 4) is 0 Å². The molecule has 7 rings (SSSR count). The number of ether oxygens (including phenoxy) is 4. The van der Waals surface area contributed by atoms with Crippen LogP contribution in [0.4, 0.5) is 0 Å². The summed E-state index contributed by atoms with van der Waals surface area (Å²) >= 11 is 0. The second-order valence-corrected chi connectivity index (χ2v) is 20.8. The van der Waals surface area contributed by atoms with Crippen LogP contribution in [-0.4, -0.2) is 137 Å². The van der Waals surface area contributed by atoms with E-state index in [1.165, 1.54) is 5.57 Å². The third-order valence-corrected chi connectivity index (χ3v) is 17.4. The number of hydrogen-bond acceptors (Lipinski definition) is 13. The van der Waals surface area contributed by atoms with Gasteiger partial charge in [-0.15, -0.1) is 0 Å². The molecular formula is C42H64O16. The molecule has 16 nitrogen and oxygen atoms in total. The summed E-state index contributed by atoms with van der Waals surface area (Å²) in [5, 5.41) is 95.5. The minimum atomic E-state index is -2.04. The van der Waals surface area contributed by atoms with Gasteiger partial charge in [0, 0.05) is 5.92 Å². The number of carboxylic acids is 3. The Bertz CT molecular complexity index is 1680. The Labute approximate surface area is 338 Å². The van der Waals surface area contributed by atoms with Crippen molar-refractivity contribution < 1.29 is 79.3 Å². The van der Waals surface area contributed by atoms with Crippen LogP contribution in [0.3, 0.4) is 0 Å². The Morgan fingerprint density at radius 1 is 0.672 bits per heavy atom. The van der Waals surface area contributed by atoms with Crippen LogP contribution in [0.15, 0.2) is 11.6 Å². The maximum absolute atomic E-state index is 12.5. The molecule has 7 aliphatic rings. The summed E-state index contributed by atoms with van der Waals surface area (Å²) in [5.74, 6) is -4.18. The zero-order valence-electron chi connectivity index (χ0n) is 34.5. The Morgan fingerprint density at radius 3 is 1.86 bits per heavy atom. The van der Waals surface area contributed by atoms with Crippen LogP contribution in [0.2, 0.25) is 0 Å². The summed E-state index contributed by atoms with van der Waals surface area (Å²) in [6.45, 7) is 15.1. The van der Waals surface area contributed by atoms with Gasteiger partial charge < -0.3 is 64.9 Å². The molecule has 20 atom stereocenters. The van der Waals surface area contributed by atoms with E-state index >= 15 is 0 Å². The number of rotatable bonds is 7. The second-order valence-electron chi connectivity index (χ2n) is 20.8. The number of carboxylic acid groups (broad SMARTS) is 3. The quantitative estimate of drug-likeness (QED) is 0.131. The summed E-state index contributed by atoms with van der Waals surface area (Å²) in [6.07, 6.45) is -12.3. The third kappa shape index (κ3) is 6.33. The minimum absolute atomic E-state index is 0.0333. The first-order chi connectivity index (χ1) is 26.8. The van der Waals surface area contributed by atoms with Crippen molar-refractivity contribution in [2.45, 2.75) is 180 Å². The number of allylic oxidation sites excluding steroid dienone is 1. The second kappa shape index (κ2) is 14.4. The Hall–Kier alpha value is -2.25. The van der Waals surface area contributed by atoms with Gasteiger partial charge >= 0.3 is 17.9 Å². The number of aliphatic hydroxyl groups excluding tert-OH is 6. The molecule has 5 aliphatic carbocycles. The van der Waals surface area contributed by atoms with Crippen molar-refractivity contribution in [1.29, 1.82) is 0 Å². The van der Waals surface area contributed by atoms with Crippen molar-refractivity contribution in [3.05, 3.63) is 11.6 Å². The highest BCUT2D eigenvalue weighted by atomic mass is 16.8. The van der Waals surface area contributed by atoms with Crippen molar-refractivity contribution >= 4 is 17.9 Å². The van der Waals surface area contributed by atoms with Gasteiger partial charge in [0.2, 0.25) is 0 Å². The van der Waals surface area contributed by atoms with Gasteiger partial charge in [0.25, 0.3) is 0 Å². The highest BCUT2D eigenvalue weighted by molar-refractivity contribution is 5.75. The molecule has 328 valence electrons. The van der Waals surface area contributed by atoms with E-state index in [0.717, 1.165) is 32.1 Å². The highest BCUT2D eigenvalue weighted by Crippen LogP contribution is 2.76. The fraction of sp³-hybridized carbons (Fsp3) is 0.881. The van der Waals surface area contributed by atoms with Crippen LogP contribution < -0.4 is 0 Å². The summed E-state index contributed by atoms with van der Waals surface area (Å²) in [5.41, 5.74) is -1.34. The van der Waals surface area contributed by atoms with E-state index < -0.39 is 108 Å². The van der Waals surface area contributed by atoms with Gasteiger partial charge in [-0.2, -0.15) is 0 Å². The van der Waals surface area contributed by atoms with Crippen molar-refractivity contribution in [3.63, 3.8) is 0 Å². The van der Waals surface area contributed by atoms with Crippen molar-refractivity contribution in [1.82, 2.24) is 0 Å². The van der Waals surface area contributed by atoms with E-state index in [1.807, 2.05) is 20.8 Å². The van der Waals surface area contributed by atoms with Gasteiger partial charge in [-0.25, -0.2) is 9.59 Å². The minimum Gasteiger partial charge on any atom is -0.481 e. The van der Waals surface area contributed by atoms with Crippen LogP contribution in [0.1, 0.15) is 106 Å². The molecule has 2 aliphatic heterocycles. The van der Waals surface area contributed by atoms with Gasteiger partial charge in [-0.05, 0) is 104 Å². The predicted octanol–water partition coefficient (Wildman–Crippen LogP) is 2.04. The first-order valence-corrected chi connectivity index (χ1v) is 20.9. The highest BCUT2D eigenvalue weighted by Gasteiger charge is 2.70. The monoisotopic (exact) mass is 824 g/mol. The van der Waals surface area contributed by atoms with Crippen LogP contribution >= 0.6 is 0 Å². The summed E-state index contributed by atoms with van der Waals surface area (Å²) in [6, 6.07) is 0. The van der Waals surface area contributed by atoms with Gasteiger partial charge in [0.05, 0.1) is 17.6 Å². The van der Waals surface area contributed by atoms with Gasteiger partial charge in [-0.3, -0.25) is 4.79 Å². The zero-order chi connectivity index (χ0) is 42.9. The van der Waals surface area contributed by atoms with E-state index in [2.05, 4.69) is 33.8 Å². The molecule has 16 heteroatoms. The molecule has 4 saturated carbocycles. The van der Waals surface area contributed by atoms with Gasteiger partial charge in [0.15, 0.2) is 24.8 Å². The van der Waals surface area contributed by atoms with Crippen molar-refractivity contribution in [2.24, 2.45) is 50.2 Å². The SMILES string of the molecule is CC1(C)[C@@H](O[C@@H]2O[C@H](C(=O)O)[C@@H](O)[C@H](O)[C@H]2O[C@@H]2O[C@H](C(=O)O)[C@@H](O)[C@H](O)[C@H]2O)CC[C@]2(C)[C@H]3[C@@H](O)C=C4[C@@H]5C[C@@](C)(C(=O)O)CC[C@]5(C)CC[C@@]4(C)[C@]3(C)CC[C@@H]12. The summed E-state index contributed by atoms with van der Waals surface area (Å²) in [7, 11) is 0. The normalized spacial score (nSPS) is 53.8. The molecule has 0 amide bonds. The Balaban J connectivity index is 1.17. The molecule has 0 unspecified atom stereocenters. The molecule has 0 spiro atoms. The van der Waals surface area contributed by atoms with E-state index in [-0.39, 0.29) is 34.0 Å². The molecule has 0 aromatic heterocycles. The fourth-order valence-corrected chi connectivity index (χ4v) is 13.6. The maximum Gasteiger partial charge on any atom is 0.335 e. The lowest BCUT2D eigenvalue weighted by Gasteiger charge is -2.72. The molecule has 6 fully saturated rings. The Morgan fingerprint density at radius 2 is 1.26 bits per heavy atom. The van der Waals surface area contributed by atoms with E-state index in [1.54, 1.807) is 0 Å².